The molecule has 0 aromatic heterocycles. The highest BCUT2D eigenvalue weighted by Crippen LogP contribution is 2.36. The second kappa shape index (κ2) is 11.4. The van der Waals surface area contributed by atoms with Crippen molar-refractivity contribution in [3.05, 3.63) is 69.7 Å². The lowest BCUT2D eigenvalue weighted by molar-refractivity contribution is 0.324. The highest BCUT2D eigenvalue weighted by atomic mass is 79.9. The first kappa shape index (κ1) is 21.8. The standard InChI is InChI=1S/C19H21BrClNO2.ClH/c1-3-10-24-19-17(20)11-15(12-18(19)23-2)13-22-9-8-14-4-6-16(21)7-5-14;/h3-7,11-12,22H,1,8-10,13H2,2H3;1H. The number of methoxy groups -OCH3 is 1. The summed E-state index contributed by atoms with van der Waals surface area (Å²) in [5.41, 5.74) is 2.39. The third kappa shape index (κ3) is 6.90. The van der Waals surface area contributed by atoms with Gasteiger partial charge in [0.15, 0.2) is 11.5 Å². The lowest BCUT2D eigenvalue weighted by Gasteiger charge is -2.14. The van der Waals surface area contributed by atoms with Gasteiger partial charge in [0.1, 0.15) is 6.61 Å². The summed E-state index contributed by atoms with van der Waals surface area (Å²) >= 11 is 9.44. The van der Waals surface area contributed by atoms with Crippen LogP contribution in [0.25, 0.3) is 0 Å². The van der Waals surface area contributed by atoms with Gasteiger partial charge in [-0.05, 0) is 64.3 Å². The van der Waals surface area contributed by atoms with Crippen molar-refractivity contribution in [3.8, 4) is 11.5 Å². The monoisotopic (exact) mass is 445 g/mol. The summed E-state index contributed by atoms with van der Waals surface area (Å²) in [6, 6.07) is 12.0. The lowest BCUT2D eigenvalue weighted by Crippen LogP contribution is -2.16. The van der Waals surface area contributed by atoms with Gasteiger partial charge < -0.3 is 14.8 Å². The van der Waals surface area contributed by atoms with Crippen LogP contribution in [-0.4, -0.2) is 20.3 Å². The second-order valence-corrected chi connectivity index (χ2v) is 6.55. The fourth-order valence-corrected chi connectivity index (χ4v) is 3.00. The van der Waals surface area contributed by atoms with Gasteiger partial charge in [0.25, 0.3) is 0 Å². The third-order valence-electron chi connectivity index (χ3n) is 3.47. The highest BCUT2D eigenvalue weighted by molar-refractivity contribution is 9.10. The predicted octanol–water partition coefficient (Wildman–Crippen LogP) is 5.43. The summed E-state index contributed by atoms with van der Waals surface area (Å²) < 4.78 is 11.9. The maximum atomic E-state index is 5.89. The van der Waals surface area contributed by atoms with E-state index in [0.29, 0.717) is 18.1 Å². The van der Waals surface area contributed by atoms with E-state index in [2.05, 4.69) is 40.0 Å². The largest absolute Gasteiger partial charge is 0.493 e. The van der Waals surface area contributed by atoms with E-state index in [1.54, 1.807) is 13.2 Å². The number of rotatable bonds is 9. The smallest absolute Gasteiger partial charge is 0.175 e. The molecule has 3 nitrogen and oxygen atoms in total. The Kier molecular flexibility index (Phi) is 9.98. The Morgan fingerprint density at radius 3 is 2.56 bits per heavy atom. The van der Waals surface area contributed by atoms with Crippen molar-refractivity contribution < 1.29 is 9.47 Å². The molecule has 0 atom stereocenters. The van der Waals surface area contributed by atoms with Crippen LogP contribution in [0.3, 0.4) is 0 Å². The summed E-state index contributed by atoms with van der Waals surface area (Å²) in [4.78, 5) is 0. The van der Waals surface area contributed by atoms with Crippen LogP contribution in [0.15, 0.2) is 53.5 Å². The Hall–Kier alpha value is -1.20. The van der Waals surface area contributed by atoms with E-state index in [9.17, 15) is 0 Å². The van der Waals surface area contributed by atoms with Crippen LogP contribution in [0, 0.1) is 0 Å². The minimum atomic E-state index is 0. The van der Waals surface area contributed by atoms with E-state index in [1.165, 1.54) is 5.56 Å². The summed E-state index contributed by atoms with van der Waals surface area (Å²) in [5.74, 6) is 1.41. The number of ether oxygens (including phenoxy) is 2. The lowest BCUT2D eigenvalue weighted by atomic mass is 10.1. The van der Waals surface area contributed by atoms with E-state index >= 15 is 0 Å². The van der Waals surface area contributed by atoms with Crippen molar-refractivity contribution in [2.45, 2.75) is 13.0 Å². The summed E-state index contributed by atoms with van der Waals surface area (Å²) in [7, 11) is 1.64. The fourth-order valence-electron chi connectivity index (χ4n) is 2.27. The van der Waals surface area contributed by atoms with E-state index in [-0.39, 0.29) is 12.4 Å². The SMILES string of the molecule is C=CCOc1c(Br)cc(CNCCc2ccc(Cl)cc2)cc1OC.Cl. The van der Waals surface area contributed by atoms with Crippen LogP contribution < -0.4 is 14.8 Å². The highest BCUT2D eigenvalue weighted by Gasteiger charge is 2.11. The van der Waals surface area contributed by atoms with E-state index in [4.69, 9.17) is 21.1 Å². The molecule has 6 heteroatoms. The number of hydrogen-bond acceptors (Lipinski definition) is 3. The average Bonchev–Trinajstić information content (AvgIpc) is 2.59. The van der Waals surface area contributed by atoms with Gasteiger partial charge in [-0.1, -0.05) is 36.4 Å². The van der Waals surface area contributed by atoms with Crippen LogP contribution in [0.1, 0.15) is 11.1 Å². The molecular weight excluding hydrogens is 425 g/mol. The summed E-state index contributed by atoms with van der Waals surface area (Å²) in [5, 5.41) is 4.21. The zero-order chi connectivity index (χ0) is 17.4. The zero-order valence-electron chi connectivity index (χ0n) is 14.1. The Labute approximate surface area is 168 Å². The molecule has 0 aliphatic rings. The van der Waals surface area contributed by atoms with Crippen LogP contribution >= 0.6 is 39.9 Å². The minimum Gasteiger partial charge on any atom is -0.493 e. The van der Waals surface area contributed by atoms with Gasteiger partial charge in [0, 0.05) is 11.6 Å². The molecule has 0 heterocycles. The molecule has 0 saturated carbocycles. The van der Waals surface area contributed by atoms with Crippen molar-refractivity contribution in [1.29, 1.82) is 0 Å². The van der Waals surface area contributed by atoms with Gasteiger partial charge >= 0.3 is 0 Å². The molecule has 0 unspecified atom stereocenters. The average molecular weight is 447 g/mol. The molecule has 2 aromatic rings. The number of benzene rings is 2. The second-order valence-electron chi connectivity index (χ2n) is 5.26. The minimum absolute atomic E-state index is 0. The third-order valence-corrected chi connectivity index (χ3v) is 4.31. The topological polar surface area (TPSA) is 30.5 Å². The molecule has 0 bridgehead atoms. The quantitative estimate of drug-likeness (QED) is 0.411. The van der Waals surface area contributed by atoms with Crippen molar-refractivity contribution in [2.75, 3.05) is 20.3 Å². The van der Waals surface area contributed by atoms with Crippen LogP contribution in [0.4, 0.5) is 0 Å². The predicted molar refractivity (Wildman–Crippen MR) is 110 cm³/mol. The molecule has 0 saturated heterocycles. The van der Waals surface area contributed by atoms with Crippen LogP contribution in [-0.2, 0) is 13.0 Å². The van der Waals surface area contributed by atoms with Gasteiger partial charge in [-0.3, -0.25) is 0 Å². The molecule has 1 N–H and O–H groups in total. The van der Waals surface area contributed by atoms with Crippen molar-refractivity contribution in [3.63, 3.8) is 0 Å². The van der Waals surface area contributed by atoms with Gasteiger partial charge in [-0.25, -0.2) is 0 Å². The van der Waals surface area contributed by atoms with Gasteiger partial charge in [-0.15, -0.1) is 12.4 Å². The first-order valence-corrected chi connectivity index (χ1v) is 8.86. The molecule has 0 aliphatic carbocycles. The van der Waals surface area contributed by atoms with Crippen molar-refractivity contribution in [2.24, 2.45) is 0 Å². The van der Waals surface area contributed by atoms with E-state index in [1.807, 2.05) is 24.3 Å². The van der Waals surface area contributed by atoms with Crippen molar-refractivity contribution in [1.82, 2.24) is 5.32 Å². The first-order chi connectivity index (χ1) is 11.6. The number of hydrogen-bond donors (Lipinski definition) is 1. The van der Waals surface area contributed by atoms with Gasteiger partial charge in [0.2, 0.25) is 0 Å². The number of nitrogens with one attached hydrogen (secondary N) is 1. The van der Waals surface area contributed by atoms with E-state index < -0.39 is 0 Å². The summed E-state index contributed by atoms with van der Waals surface area (Å²) in [6.07, 6.45) is 2.66. The van der Waals surface area contributed by atoms with E-state index in [0.717, 1.165) is 34.6 Å². The molecular formula is C19H22BrCl2NO2. The molecule has 2 aromatic carbocycles. The summed E-state index contributed by atoms with van der Waals surface area (Å²) in [6.45, 7) is 5.74. The maximum absolute atomic E-state index is 5.89. The molecule has 0 radical (unpaired) electrons. The number of halogens is 3. The Bertz CT molecular complexity index is 678. The Morgan fingerprint density at radius 1 is 1.20 bits per heavy atom. The molecule has 2 rings (SSSR count). The van der Waals surface area contributed by atoms with Crippen LogP contribution in [0.2, 0.25) is 5.02 Å². The fraction of sp³-hybridized carbons (Fsp3) is 0.263. The maximum Gasteiger partial charge on any atom is 0.175 e. The Balaban J connectivity index is 0.00000312. The Morgan fingerprint density at radius 2 is 1.92 bits per heavy atom. The normalized spacial score (nSPS) is 10.0. The van der Waals surface area contributed by atoms with Crippen molar-refractivity contribution >= 4 is 39.9 Å². The first-order valence-electron chi connectivity index (χ1n) is 7.69. The molecule has 136 valence electrons. The molecule has 0 fully saturated rings. The molecule has 25 heavy (non-hydrogen) atoms. The molecule has 0 aliphatic heterocycles. The van der Waals surface area contributed by atoms with Gasteiger partial charge in [-0.2, -0.15) is 0 Å². The van der Waals surface area contributed by atoms with Crippen LogP contribution in [0.5, 0.6) is 11.5 Å². The molecule has 0 spiro atoms. The van der Waals surface area contributed by atoms with Gasteiger partial charge in [0.05, 0.1) is 11.6 Å². The molecule has 0 amide bonds. The zero-order valence-corrected chi connectivity index (χ0v) is 17.2.